The maximum absolute atomic E-state index is 14.2. The van der Waals surface area contributed by atoms with Crippen molar-refractivity contribution in [2.24, 2.45) is 10.9 Å². The van der Waals surface area contributed by atoms with E-state index in [0.717, 1.165) is 0 Å². The minimum atomic E-state index is -2.37. The number of halogens is 3. The number of ketones is 1. The first-order valence-corrected chi connectivity index (χ1v) is 9.29. The van der Waals surface area contributed by atoms with Crippen molar-refractivity contribution in [3.8, 4) is 11.5 Å². The minimum absolute atomic E-state index is 0.0635. The molecule has 3 rings (SSSR count). The average Bonchev–Trinajstić information content (AvgIpc) is 2.73. The second-order valence-corrected chi connectivity index (χ2v) is 6.83. The molecule has 0 aliphatic rings. The van der Waals surface area contributed by atoms with Gasteiger partial charge in [-0.3, -0.25) is 4.79 Å². The highest BCUT2D eigenvalue weighted by Crippen LogP contribution is 2.26. The van der Waals surface area contributed by atoms with Crippen LogP contribution in [-0.4, -0.2) is 27.9 Å². The van der Waals surface area contributed by atoms with Gasteiger partial charge in [-0.2, -0.15) is 4.39 Å². The summed E-state index contributed by atoms with van der Waals surface area (Å²) in [5, 5.41) is 4.37. The number of ether oxygens (including phenoxy) is 1. The summed E-state index contributed by atoms with van der Waals surface area (Å²) >= 11 is 11.7. The van der Waals surface area contributed by atoms with E-state index in [1.54, 1.807) is 31.2 Å². The molecule has 0 unspecified atom stereocenters. The summed E-state index contributed by atoms with van der Waals surface area (Å²) < 4.78 is 19.9. The third-order valence-electron chi connectivity index (χ3n) is 3.72. The van der Waals surface area contributed by atoms with Crippen LogP contribution in [0.1, 0.15) is 21.9 Å². The Hall–Kier alpha value is -3.23. The highest BCUT2D eigenvalue weighted by Gasteiger charge is 2.22. The summed E-state index contributed by atoms with van der Waals surface area (Å²) in [5.41, 5.74) is 6.02. The molecule has 10 heteroatoms. The summed E-state index contributed by atoms with van der Waals surface area (Å²) in [6, 6.07) is 12.3. The second kappa shape index (κ2) is 9.51. The van der Waals surface area contributed by atoms with Crippen LogP contribution in [0.5, 0.6) is 11.5 Å². The number of carbonyl (C=O) groups is 1. The van der Waals surface area contributed by atoms with Crippen molar-refractivity contribution >= 4 is 34.8 Å². The van der Waals surface area contributed by atoms with Crippen LogP contribution in [0.25, 0.3) is 0 Å². The van der Waals surface area contributed by atoms with Gasteiger partial charge in [0.05, 0.1) is 6.20 Å². The second-order valence-electron chi connectivity index (χ2n) is 5.96. The number of nitrogens with zero attached hydrogens (tertiary/aromatic N) is 3. The van der Waals surface area contributed by atoms with Crippen LogP contribution in [0.4, 0.5) is 4.39 Å². The number of carbonyl (C=O) groups excluding carboxylic acids is 1. The molecule has 154 valence electrons. The lowest BCUT2D eigenvalue weighted by Crippen LogP contribution is -2.22. The number of hydrogen-bond donors (Lipinski definition) is 1. The quantitative estimate of drug-likeness (QED) is 0.243. The number of aromatic nitrogens is 2. The summed E-state index contributed by atoms with van der Waals surface area (Å²) in [7, 11) is 0. The smallest absolute Gasteiger partial charge is 0.326 e. The number of aryl methyl sites for hydroxylation is 1. The Kier molecular flexibility index (Phi) is 6.81. The van der Waals surface area contributed by atoms with Crippen LogP contribution in [0, 0.1) is 6.92 Å². The molecule has 0 saturated carbocycles. The number of Topliss-reactive ketones (excluding diaryl/α,β-unsaturated/α-hetero) is 1. The summed E-state index contributed by atoms with van der Waals surface area (Å²) in [6.45, 7) is 1.63. The van der Waals surface area contributed by atoms with Crippen molar-refractivity contribution in [3.05, 3.63) is 81.9 Å². The molecule has 1 atom stereocenters. The van der Waals surface area contributed by atoms with Crippen LogP contribution in [0.3, 0.4) is 0 Å². The first-order chi connectivity index (χ1) is 14.3. The van der Waals surface area contributed by atoms with Crippen molar-refractivity contribution in [2.45, 2.75) is 13.3 Å². The van der Waals surface area contributed by atoms with Gasteiger partial charge in [0.2, 0.25) is 5.78 Å². The van der Waals surface area contributed by atoms with E-state index in [2.05, 4.69) is 20.0 Å². The Bertz CT molecular complexity index is 1090. The first-order valence-electron chi connectivity index (χ1n) is 8.54. The van der Waals surface area contributed by atoms with E-state index in [1.807, 2.05) is 0 Å². The van der Waals surface area contributed by atoms with Crippen LogP contribution in [0.2, 0.25) is 10.0 Å². The van der Waals surface area contributed by atoms with Gasteiger partial charge in [-0.1, -0.05) is 34.4 Å². The van der Waals surface area contributed by atoms with Gasteiger partial charge in [0.1, 0.15) is 11.6 Å². The molecule has 3 aromatic rings. The molecular weight excluding hydrogens is 434 g/mol. The van der Waals surface area contributed by atoms with Gasteiger partial charge in [-0.05, 0) is 49.4 Å². The summed E-state index contributed by atoms with van der Waals surface area (Å²) in [5.74, 6) is -0.310. The standard InChI is InChI=1S/C20H15Cl2FN4O3/c1-11-25-10-16(29-15-4-2-3-14(22)9-15)17(26-11)20(24)27-30-19(23)18(28)12-5-7-13(21)8-6-12/h2-10,19H,1H3,(H2,24,27)/t19-/m0/s1. The molecule has 0 aliphatic carbocycles. The Labute approximate surface area is 181 Å². The van der Waals surface area contributed by atoms with Gasteiger partial charge < -0.3 is 15.3 Å². The van der Waals surface area contributed by atoms with Crippen LogP contribution in [0.15, 0.2) is 59.9 Å². The molecule has 1 heterocycles. The number of hydrogen-bond acceptors (Lipinski definition) is 6. The fraction of sp³-hybridized carbons (Fsp3) is 0.100. The van der Waals surface area contributed by atoms with Crippen molar-refractivity contribution in [2.75, 3.05) is 0 Å². The molecule has 0 aliphatic heterocycles. The average molecular weight is 449 g/mol. The summed E-state index contributed by atoms with van der Waals surface area (Å²) in [4.78, 5) is 24.9. The fourth-order valence-electron chi connectivity index (χ4n) is 2.31. The number of nitrogens with two attached hydrogens (primary N) is 1. The van der Waals surface area contributed by atoms with Crippen LogP contribution in [-0.2, 0) is 4.84 Å². The topological polar surface area (TPSA) is 99.7 Å². The van der Waals surface area contributed by atoms with E-state index in [4.69, 9.17) is 33.7 Å². The van der Waals surface area contributed by atoms with Crippen LogP contribution >= 0.6 is 23.2 Å². The number of oxime groups is 1. The minimum Gasteiger partial charge on any atom is -0.453 e. The van der Waals surface area contributed by atoms with Gasteiger partial charge in [0.25, 0.3) is 0 Å². The van der Waals surface area contributed by atoms with E-state index in [0.29, 0.717) is 21.6 Å². The Morgan fingerprint density at radius 1 is 1.17 bits per heavy atom. The molecule has 2 aromatic carbocycles. The first kappa shape index (κ1) is 21.5. The molecular formula is C20H15Cl2FN4O3. The fourth-order valence-corrected chi connectivity index (χ4v) is 2.62. The van der Waals surface area contributed by atoms with Gasteiger partial charge in [0.15, 0.2) is 17.3 Å². The molecule has 30 heavy (non-hydrogen) atoms. The van der Waals surface area contributed by atoms with Crippen molar-refractivity contribution < 1.29 is 18.8 Å². The maximum atomic E-state index is 14.2. The van der Waals surface area contributed by atoms with Gasteiger partial charge in [-0.25, -0.2) is 9.97 Å². The Morgan fingerprint density at radius 3 is 2.60 bits per heavy atom. The number of amidine groups is 1. The molecule has 0 amide bonds. The SMILES string of the molecule is Cc1ncc(Oc2cccc(Cl)c2)c(C(N)=NO[C@H](F)C(=O)c2ccc(Cl)cc2)n1. The molecule has 2 N–H and O–H groups in total. The number of rotatable bonds is 7. The Balaban J connectivity index is 1.78. The van der Waals surface area contributed by atoms with Crippen LogP contribution < -0.4 is 10.5 Å². The maximum Gasteiger partial charge on any atom is 0.326 e. The van der Waals surface area contributed by atoms with E-state index >= 15 is 0 Å². The van der Waals surface area contributed by atoms with Gasteiger partial charge >= 0.3 is 6.36 Å². The highest BCUT2D eigenvalue weighted by molar-refractivity contribution is 6.31. The summed E-state index contributed by atoms with van der Waals surface area (Å²) in [6.07, 6.45) is -0.989. The molecule has 0 bridgehead atoms. The van der Waals surface area contributed by atoms with E-state index in [9.17, 15) is 9.18 Å². The van der Waals surface area contributed by atoms with E-state index in [-0.39, 0.29) is 22.8 Å². The highest BCUT2D eigenvalue weighted by atomic mass is 35.5. The zero-order chi connectivity index (χ0) is 21.7. The molecule has 0 saturated heterocycles. The number of alkyl halides is 1. The third kappa shape index (κ3) is 5.43. The van der Waals surface area contributed by atoms with Gasteiger partial charge in [-0.15, -0.1) is 0 Å². The molecule has 0 fully saturated rings. The van der Waals surface area contributed by atoms with Crippen molar-refractivity contribution in [1.82, 2.24) is 9.97 Å². The zero-order valence-corrected chi connectivity index (χ0v) is 17.1. The predicted octanol–water partition coefficient (Wildman–Crippen LogP) is 4.70. The molecule has 7 nitrogen and oxygen atoms in total. The van der Waals surface area contributed by atoms with E-state index < -0.39 is 12.1 Å². The number of benzene rings is 2. The predicted molar refractivity (Wildman–Crippen MR) is 111 cm³/mol. The van der Waals surface area contributed by atoms with E-state index in [1.165, 1.54) is 30.5 Å². The molecule has 1 aromatic heterocycles. The third-order valence-corrected chi connectivity index (χ3v) is 4.21. The van der Waals surface area contributed by atoms with Crippen molar-refractivity contribution in [3.63, 3.8) is 0 Å². The zero-order valence-electron chi connectivity index (χ0n) is 15.6. The van der Waals surface area contributed by atoms with Crippen molar-refractivity contribution in [1.29, 1.82) is 0 Å². The largest absolute Gasteiger partial charge is 0.453 e. The normalized spacial score (nSPS) is 12.3. The lowest BCUT2D eigenvalue weighted by atomic mass is 10.1. The lowest BCUT2D eigenvalue weighted by molar-refractivity contribution is -0.0186. The lowest BCUT2D eigenvalue weighted by Gasteiger charge is -2.11. The van der Waals surface area contributed by atoms with Gasteiger partial charge in [0, 0.05) is 15.6 Å². The molecule has 0 spiro atoms. The molecule has 0 radical (unpaired) electrons. The Morgan fingerprint density at radius 2 is 1.90 bits per heavy atom. The monoisotopic (exact) mass is 448 g/mol.